The van der Waals surface area contributed by atoms with E-state index in [-0.39, 0.29) is 0 Å². The summed E-state index contributed by atoms with van der Waals surface area (Å²) in [6, 6.07) is 38.9. The Hall–Kier alpha value is -0.970. The summed E-state index contributed by atoms with van der Waals surface area (Å²) >= 11 is 16.6. The topological polar surface area (TPSA) is 42.1 Å². The highest BCUT2D eigenvalue weighted by Crippen LogP contribution is 2.28. The van der Waals surface area contributed by atoms with E-state index in [1.54, 1.807) is 0 Å². The summed E-state index contributed by atoms with van der Waals surface area (Å²) in [5.41, 5.74) is 16.6. The number of likely N-dealkylation sites (N-methyl/N-ethyl adjacent to an activating group) is 2. The van der Waals surface area contributed by atoms with Gasteiger partial charge in [0.15, 0.2) is 3.83 Å². The number of aryl methyl sites for hydroxylation is 6. The molecule has 0 N–H and O–H groups in total. The first-order valence-electron chi connectivity index (χ1n) is 30.4. The van der Waals surface area contributed by atoms with E-state index >= 15 is 0 Å². The summed E-state index contributed by atoms with van der Waals surface area (Å²) < 4.78 is 13.3. The normalized spacial score (nSPS) is 11.7. The molecule has 0 spiro atoms. The van der Waals surface area contributed by atoms with Gasteiger partial charge < -0.3 is 18.9 Å². The second-order valence-corrected chi connectivity index (χ2v) is 33.0. The highest BCUT2D eigenvalue weighted by atomic mass is 127. The second kappa shape index (κ2) is 41.7. The molecule has 8 rings (SSSR count). The number of aromatic nitrogens is 4. The molecule has 0 aliphatic carbocycles. The summed E-state index contributed by atoms with van der Waals surface area (Å²) in [7, 11) is 12.4. The molecule has 87 heavy (non-hydrogen) atoms. The van der Waals surface area contributed by atoms with Crippen LogP contribution in [0, 0.1) is 71.8 Å². The predicted octanol–water partition coefficient (Wildman–Crippen LogP) is 23.0. The van der Waals surface area contributed by atoms with Gasteiger partial charge in [-0.1, -0.05) is 142 Å². The molecule has 0 saturated heterocycles. The van der Waals surface area contributed by atoms with E-state index in [1.165, 1.54) is 112 Å². The first-order valence-corrected chi connectivity index (χ1v) is 38.0. The van der Waals surface area contributed by atoms with Crippen LogP contribution in [0.5, 0.6) is 0 Å². The fourth-order valence-corrected chi connectivity index (χ4v) is 13.4. The van der Waals surface area contributed by atoms with Gasteiger partial charge in [-0.15, -0.1) is 0 Å². The average Bonchev–Trinajstić information content (AvgIpc) is 2.74. The van der Waals surface area contributed by atoms with Crippen LogP contribution in [-0.4, -0.2) is 69.2 Å². The minimum atomic E-state index is 0.545. The van der Waals surface area contributed by atoms with Crippen molar-refractivity contribution in [2.45, 2.75) is 173 Å². The lowest BCUT2D eigenvalue weighted by Crippen LogP contribution is -2.27. The molecule has 0 radical (unpaired) electrons. The number of benzene rings is 6. The third-order valence-electron chi connectivity index (χ3n) is 15.1. The van der Waals surface area contributed by atoms with E-state index in [2.05, 4.69) is 442 Å². The van der Waals surface area contributed by atoms with Crippen LogP contribution in [-0.2, 0) is 39.8 Å². The van der Waals surface area contributed by atoms with Gasteiger partial charge in [-0.25, -0.2) is 9.97 Å². The number of fused-ring (bicyclic) bond motifs is 1. The molecule has 0 aliphatic rings. The second-order valence-electron chi connectivity index (χ2n) is 25.2. The molecule has 0 aliphatic heterocycles. The number of rotatable bonds is 13. The number of hydrogen-bond donors (Lipinski definition) is 0. The van der Waals surface area contributed by atoms with E-state index < -0.39 is 0 Å². The predicted molar refractivity (Wildman–Crippen MR) is 442 cm³/mol. The van der Waals surface area contributed by atoms with Crippen molar-refractivity contribution in [2.24, 2.45) is 25.9 Å². The SMILES string of the molecule is CC(C)Cc1ccc(C(C)C)c(I)c1.CC(C)Cc1ccc(C(C)C)cc1I.C[C@H](Cc1cn(C)c(I)n1)N(C)C.C[C@H](Cc1ncn(C)c1I)N(C)C.Cc1ccc(I)cc1C.Cc1ccc2cc(C(C)C)ccc2c1I.Cc1cccc(I)c1C. The van der Waals surface area contributed by atoms with Gasteiger partial charge in [-0.2, -0.15) is 0 Å². The molecule has 2 heterocycles. The minimum absolute atomic E-state index is 0.545. The minimum Gasteiger partial charge on any atom is -0.329 e. The molecule has 6 nitrogen and oxygen atoms in total. The average molecular weight is 1970 g/mol. The first kappa shape index (κ1) is 82.1. The lowest BCUT2D eigenvalue weighted by atomic mass is 9.98. The molecule has 2 aromatic heterocycles. The Bertz CT molecular complexity index is 3280. The summed E-state index contributed by atoms with van der Waals surface area (Å²) in [5, 5.41) is 2.73. The van der Waals surface area contributed by atoms with E-state index in [0.29, 0.717) is 29.8 Å². The van der Waals surface area contributed by atoms with E-state index in [9.17, 15) is 0 Å². The molecule has 6 aromatic carbocycles. The Morgan fingerprint density at radius 1 is 0.483 bits per heavy atom. The Balaban J connectivity index is 0.000000348. The van der Waals surface area contributed by atoms with Crippen LogP contribution in [0.2, 0.25) is 0 Å². The molecular weight excluding hydrogens is 1860 g/mol. The highest BCUT2D eigenvalue weighted by Gasteiger charge is 2.13. The summed E-state index contributed by atoms with van der Waals surface area (Å²) in [5.74, 6) is 3.36. The Labute approximate surface area is 625 Å². The number of imidazole rings is 2. The van der Waals surface area contributed by atoms with Gasteiger partial charge in [0, 0.05) is 63.1 Å². The van der Waals surface area contributed by atoms with Crippen LogP contribution in [0.1, 0.15) is 168 Å². The molecule has 2 atom stereocenters. The highest BCUT2D eigenvalue weighted by molar-refractivity contribution is 14.1. The standard InChI is InChI=1S/C14H15I.2C13H19I.2C9H16IN3.2C8H9I/c1-9(2)11-6-7-13-12(8-11)5-4-10(3)14(13)15;1-9(2)7-12-6-5-11(10(3)4)8-13(12)14;1-9(2)7-11-5-6-12(10(3)4)13(14)8-11;1-7(12(2)3)5-8-9(10)13(4)6-11-8;1-7(12(2)3)5-8-6-13(4)9(10)11-8;1-6-3-4-8(9)5-7(6)2;1-6-4-3-5-8(9)7(6)2/h4-9H,1-3H3;2*5-6,8-10H,7H2,1-4H3;2*6-7H,5H2,1-4H3;2*3-5H,1-2H3/t;;;2*7-;;/m...11../s1. The lowest BCUT2D eigenvalue weighted by molar-refractivity contribution is 0.310. The van der Waals surface area contributed by atoms with Crippen molar-refractivity contribution in [2.75, 3.05) is 28.2 Å². The molecule has 0 amide bonds. The van der Waals surface area contributed by atoms with Crippen molar-refractivity contribution < 1.29 is 0 Å². The van der Waals surface area contributed by atoms with Gasteiger partial charge in [0.05, 0.1) is 17.7 Å². The molecule has 0 unspecified atom stereocenters. The molecule has 478 valence electrons. The van der Waals surface area contributed by atoms with Crippen molar-refractivity contribution in [3.63, 3.8) is 0 Å². The zero-order valence-corrected chi connectivity index (χ0v) is 71.8. The molecule has 0 fully saturated rings. The fourth-order valence-electron chi connectivity index (χ4n) is 8.51. The monoisotopic (exact) mass is 1960 g/mol. The molecular formula is C74H103I7N6. The summed E-state index contributed by atoms with van der Waals surface area (Å²) in [4.78, 5) is 13.2. The number of halogens is 7. The van der Waals surface area contributed by atoms with Crippen molar-refractivity contribution in [1.82, 2.24) is 28.9 Å². The van der Waals surface area contributed by atoms with Crippen LogP contribution in [0.4, 0.5) is 0 Å². The smallest absolute Gasteiger partial charge is 0.171 e. The Morgan fingerprint density at radius 3 is 1.52 bits per heavy atom. The van der Waals surface area contributed by atoms with Crippen LogP contribution >= 0.6 is 158 Å². The van der Waals surface area contributed by atoms with Gasteiger partial charge in [0.1, 0.15) is 3.70 Å². The number of hydrogen-bond acceptors (Lipinski definition) is 4. The summed E-state index contributed by atoms with van der Waals surface area (Å²) in [6.07, 6.45) is 8.39. The third kappa shape index (κ3) is 30.3. The van der Waals surface area contributed by atoms with Crippen LogP contribution in [0.3, 0.4) is 0 Å². The third-order valence-corrected chi connectivity index (χ3v) is 22.7. The molecule has 0 saturated carbocycles. The van der Waals surface area contributed by atoms with Crippen molar-refractivity contribution >= 4 is 169 Å². The quantitative estimate of drug-likeness (QED) is 0.108. The van der Waals surface area contributed by atoms with Gasteiger partial charge in [-0.3, -0.25) is 0 Å². The lowest BCUT2D eigenvalue weighted by Gasteiger charge is -2.18. The Morgan fingerprint density at radius 2 is 1.06 bits per heavy atom. The maximum Gasteiger partial charge on any atom is 0.171 e. The van der Waals surface area contributed by atoms with Gasteiger partial charge in [-0.05, 0) is 374 Å². The van der Waals surface area contributed by atoms with Crippen molar-refractivity contribution in [1.29, 1.82) is 0 Å². The maximum atomic E-state index is 4.46. The van der Waals surface area contributed by atoms with Crippen LogP contribution < -0.4 is 0 Å². The van der Waals surface area contributed by atoms with Crippen LogP contribution in [0.25, 0.3) is 10.8 Å². The van der Waals surface area contributed by atoms with E-state index in [4.69, 9.17) is 0 Å². The molecule has 8 aromatic rings. The number of nitrogens with zero attached hydrogens (tertiary/aromatic N) is 6. The maximum absolute atomic E-state index is 4.46. The summed E-state index contributed by atoms with van der Waals surface area (Å²) in [6.45, 7) is 37.7. The van der Waals surface area contributed by atoms with E-state index in [1.807, 2.05) is 20.4 Å². The van der Waals surface area contributed by atoms with Gasteiger partial charge >= 0.3 is 0 Å². The molecule has 13 heteroatoms. The largest absolute Gasteiger partial charge is 0.329 e. The zero-order chi connectivity index (χ0) is 66.2. The van der Waals surface area contributed by atoms with Gasteiger partial charge in [0.2, 0.25) is 0 Å². The molecule has 0 bridgehead atoms. The van der Waals surface area contributed by atoms with Gasteiger partial charge in [0.25, 0.3) is 0 Å². The fraction of sp³-hybridized carbons (Fsp3) is 0.459. The first-order chi connectivity index (χ1) is 40.5. The van der Waals surface area contributed by atoms with Crippen molar-refractivity contribution in [3.8, 4) is 0 Å². The zero-order valence-electron chi connectivity index (χ0n) is 56.7. The van der Waals surface area contributed by atoms with E-state index in [0.717, 1.165) is 28.5 Å². The van der Waals surface area contributed by atoms with Crippen molar-refractivity contribution in [3.05, 3.63) is 208 Å². The Kier molecular flexibility index (Phi) is 39.3. The van der Waals surface area contributed by atoms with Crippen LogP contribution in [0.15, 0.2) is 116 Å².